The van der Waals surface area contributed by atoms with Gasteiger partial charge in [-0.2, -0.15) is 19.9 Å². The van der Waals surface area contributed by atoms with Crippen LogP contribution in [-0.4, -0.2) is 40.7 Å². The van der Waals surface area contributed by atoms with Crippen molar-refractivity contribution >= 4 is 34.9 Å². The summed E-state index contributed by atoms with van der Waals surface area (Å²) in [5, 5.41) is 3.71. The van der Waals surface area contributed by atoms with Crippen LogP contribution in [0.2, 0.25) is 0 Å². The van der Waals surface area contributed by atoms with Gasteiger partial charge in [0.05, 0.1) is 24.3 Å². The Kier molecular flexibility index (Phi) is 6.70. The standard InChI is InChI=1S/C23H21N9O2S/c24-21-29-19(18(33)14-6-4-5-7-14)30-23(32-21)35-22-27-12-17(28-15-10-25-13-26-11-15)20(31-22)34-16-8-2-1-3-9-16/h1-3,8-14,28H,4-7H2,(H2,24,29,30,32). The topological polar surface area (TPSA) is 155 Å². The SMILES string of the molecule is Nc1nc(Sc2ncc(Nc3cncnc3)c(Oc3ccccc3)n2)nc(C(=O)C2CCCC2)n1. The summed E-state index contributed by atoms with van der Waals surface area (Å²) in [4.78, 5) is 42.3. The number of Topliss-reactive ketones (excluding diaryl/α,β-unsaturated/α-hetero) is 1. The minimum absolute atomic E-state index is 0.0213. The van der Waals surface area contributed by atoms with Gasteiger partial charge in [0, 0.05) is 5.92 Å². The zero-order valence-corrected chi connectivity index (χ0v) is 19.4. The third-order valence-electron chi connectivity index (χ3n) is 5.29. The molecular weight excluding hydrogens is 466 g/mol. The fourth-order valence-electron chi connectivity index (χ4n) is 3.66. The molecule has 3 aromatic heterocycles. The molecule has 1 aliphatic rings. The number of ketones is 1. The van der Waals surface area contributed by atoms with E-state index in [9.17, 15) is 4.79 Å². The van der Waals surface area contributed by atoms with E-state index in [2.05, 4.69) is 40.2 Å². The van der Waals surface area contributed by atoms with E-state index >= 15 is 0 Å². The van der Waals surface area contributed by atoms with Gasteiger partial charge in [0.15, 0.2) is 5.16 Å². The number of ether oxygens (including phenoxy) is 1. The van der Waals surface area contributed by atoms with Crippen LogP contribution in [0.1, 0.15) is 36.3 Å². The minimum atomic E-state index is -0.0999. The number of nitrogens with two attached hydrogens (primary N) is 1. The minimum Gasteiger partial charge on any atom is -0.437 e. The Labute approximate surface area is 205 Å². The molecule has 0 unspecified atom stereocenters. The second kappa shape index (κ2) is 10.4. The predicted octanol–water partition coefficient (Wildman–Crippen LogP) is 4.09. The normalized spacial score (nSPS) is 13.5. The number of aromatic nitrogens is 7. The van der Waals surface area contributed by atoms with E-state index in [-0.39, 0.29) is 34.5 Å². The molecule has 0 radical (unpaired) electrons. The number of para-hydroxylation sites is 1. The van der Waals surface area contributed by atoms with Crippen LogP contribution in [0.4, 0.5) is 17.3 Å². The Hall–Kier alpha value is -4.19. The summed E-state index contributed by atoms with van der Waals surface area (Å²) in [5.74, 6) is 0.772. The van der Waals surface area contributed by atoms with Crippen LogP contribution in [0, 0.1) is 5.92 Å². The number of anilines is 3. The number of nitrogens with zero attached hydrogens (tertiary/aromatic N) is 7. The average Bonchev–Trinajstić information content (AvgIpc) is 3.41. The highest BCUT2D eigenvalue weighted by atomic mass is 32.2. The fraction of sp³-hybridized carbons (Fsp3) is 0.217. The quantitative estimate of drug-likeness (QED) is 0.271. The van der Waals surface area contributed by atoms with Crippen molar-refractivity contribution in [2.45, 2.75) is 36.0 Å². The number of rotatable bonds is 8. The Morgan fingerprint density at radius 3 is 2.51 bits per heavy atom. The lowest BCUT2D eigenvalue weighted by molar-refractivity contribution is 0.0911. The lowest BCUT2D eigenvalue weighted by Crippen LogP contribution is -2.17. The van der Waals surface area contributed by atoms with Crippen LogP contribution in [0.25, 0.3) is 0 Å². The molecule has 0 saturated heterocycles. The molecule has 5 rings (SSSR count). The van der Waals surface area contributed by atoms with Crippen molar-refractivity contribution in [3.8, 4) is 11.6 Å². The largest absolute Gasteiger partial charge is 0.437 e. The lowest BCUT2D eigenvalue weighted by Gasteiger charge is -2.12. The van der Waals surface area contributed by atoms with Gasteiger partial charge in [-0.25, -0.2) is 15.0 Å². The molecule has 0 amide bonds. The lowest BCUT2D eigenvalue weighted by atomic mass is 10.0. The second-order valence-corrected chi connectivity index (χ2v) is 8.72. The molecule has 1 fully saturated rings. The molecule has 3 N–H and O–H groups in total. The molecule has 0 spiro atoms. The Morgan fingerprint density at radius 2 is 1.74 bits per heavy atom. The first-order chi connectivity index (χ1) is 17.1. The van der Waals surface area contributed by atoms with Crippen molar-refractivity contribution < 1.29 is 9.53 Å². The zero-order valence-electron chi connectivity index (χ0n) is 18.5. The summed E-state index contributed by atoms with van der Waals surface area (Å²) < 4.78 is 6.01. The number of carbonyl (C=O) groups excluding carboxylic acids is 1. The predicted molar refractivity (Wildman–Crippen MR) is 129 cm³/mol. The van der Waals surface area contributed by atoms with Crippen molar-refractivity contribution in [3.63, 3.8) is 0 Å². The molecule has 3 heterocycles. The van der Waals surface area contributed by atoms with E-state index in [4.69, 9.17) is 10.5 Å². The summed E-state index contributed by atoms with van der Waals surface area (Å²) in [6.07, 6.45) is 10.0. The Balaban J connectivity index is 1.42. The molecule has 0 aliphatic heterocycles. The molecule has 0 bridgehead atoms. The first kappa shape index (κ1) is 22.6. The van der Waals surface area contributed by atoms with Gasteiger partial charge in [-0.15, -0.1) is 0 Å². The number of hydrogen-bond donors (Lipinski definition) is 2. The van der Waals surface area contributed by atoms with Crippen LogP contribution in [-0.2, 0) is 0 Å². The first-order valence-electron chi connectivity index (χ1n) is 11.0. The second-order valence-electron chi connectivity index (χ2n) is 7.79. The number of hydrogen-bond acceptors (Lipinski definition) is 12. The van der Waals surface area contributed by atoms with Crippen LogP contribution < -0.4 is 15.8 Å². The number of nitrogen functional groups attached to an aromatic ring is 1. The van der Waals surface area contributed by atoms with Crippen molar-refractivity contribution in [3.05, 3.63) is 61.1 Å². The molecule has 1 aromatic carbocycles. The highest BCUT2D eigenvalue weighted by molar-refractivity contribution is 7.99. The maximum Gasteiger partial charge on any atom is 0.247 e. The number of nitrogens with one attached hydrogen (secondary N) is 1. The van der Waals surface area contributed by atoms with Crippen molar-refractivity contribution in [2.24, 2.45) is 5.92 Å². The molecule has 1 aliphatic carbocycles. The molecule has 176 valence electrons. The van der Waals surface area contributed by atoms with E-state index in [1.807, 2.05) is 30.3 Å². The van der Waals surface area contributed by atoms with Crippen molar-refractivity contribution in [1.29, 1.82) is 0 Å². The summed E-state index contributed by atoms with van der Waals surface area (Å²) in [5.41, 5.74) is 7.04. The fourth-order valence-corrected chi connectivity index (χ4v) is 4.33. The summed E-state index contributed by atoms with van der Waals surface area (Å²) in [6, 6.07) is 9.25. The third kappa shape index (κ3) is 5.66. The average molecular weight is 488 g/mol. The van der Waals surface area contributed by atoms with Crippen molar-refractivity contribution in [1.82, 2.24) is 34.9 Å². The van der Waals surface area contributed by atoms with Gasteiger partial charge in [-0.1, -0.05) is 31.0 Å². The molecule has 0 atom stereocenters. The maximum atomic E-state index is 12.8. The maximum absolute atomic E-state index is 12.8. The Morgan fingerprint density at radius 1 is 0.971 bits per heavy atom. The van der Waals surface area contributed by atoms with E-state index in [0.717, 1.165) is 37.4 Å². The van der Waals surface area contributed by atoms with E-state index in [0.29, 0.717) is 22.3 Å². The highest BCUT2D eigenvalue weighted by Gasteiger charge is 2.27. The van der Waals surface area contributed by atoms with Gasteiger partial charge >= 0.3 is 0 Å². The van der Waals surface area contributed by atoms with Crippen LogP contribution in [0.3, 0.4) is 0 Å². The van der Waals surface area contributed by atoms with Crippen LogP contribution in [0.5, 0.6) is 11.6 Å². The van der Waals surface area contributed by atoms with E-state index in [1.54, 1.807) is 18.6 Å². The number of benzene rings is 1. The monoisotopic (exact) mass is 487 g/mol. The van der Waals surface area contributed by atoms with E-state index in [1.165, 1.54) is 6.33 Å². The van der Waals surface area contributed by atoms with Gasteiger partial charge in [-0.3, -0.25) is 4.79 Å². The molecule has 4 aromatic rings. The van der Waals surface area contributed by atoms with Crippen LogP contribution in [0.15, 0.2) is 65.6 Å². The van der Waals surface area contributed by atoms with Gasteiger partial charge in [0.2, 0.25) is 28.6 Å². The zero-order chi connectivity index (χ0) is 24.0. The van der Waals surface area contributed by atoms with E-state index < -0.39 is 0 Å². The molecule has 35 heavy (non-hydrogen) atoms. The molecule has 12 heteroatoms. The molecular formula is C23H21N9O2S. The molecule has 1 saturated carbocycles. The number of carbonyl (C=O) groups is 1. The van der Waals surface area contributed by atoms with Gasteiger partial charge in [0.1, 0.15) is 17.8 Å². The van der Waals surface area contributed by atoms with Crippen molar-refractivity contribution in [2.75, 3.05) is 11.1 Å². The smallest absolute Gasteiger partial charge is 0.247 e. The first-order valence-corrected chi connectivity index (χ1v) is 11.8. The van der Waals surface area contributed by atoms with Gasteiger partial charge < -0.3 is 15.8 Å². The summed E-state index contributed by atoms with van der Waals surface area (Å²) in [6.45, 7) is 0. The van der Waals surface area contributed by atoms with Gasteiger partial charge in [0.25, 0.3) is 0 Å². The summed E-state index contributed by atoms with van der Waals surface area (Å²) >= 11 is 1.07. The summed E-state index contributed by atoms with van der Waals surface area (Å²) in [7, 11) is 0. The molecule has 11 nitrogen and oxygen atoms in total. The third-order valence-corrected chi connectivity index (χ3v) is 6.03. The Bertz CT molecular complexity index is 1320. The van der Waals surface area contributed by atoms with Gasteiger partial charge in [-0.05, 0) is 36.7 Å². The van der Waals surface area contributed by atoms with Crippen LogP contribution >= 0.6 is 11.8 Å². The highest BCUT2D eigenvalue weighted by Crippen LogP contribution is 2.33.